The summed E-state index contributed by atoms with van der Waals surface area (Å²) >= 11 is 0. The summed E-state index contributed by atoms with van der Waals surface area (Å²) in [7, 11) is -3.70. The molecule has 0 spiro atoms. The van der Waals surface area contributed by atoms with Gasteiger partial charge in [0.05, 0.1) is 6.04 Å². The van der Waals surface area contributed by atoms with Crippen LogP contribution in [0.5, 0.6) is 0 Å². The summed E-state index contributed by atoms with van der Waals surface area (Å²) in [4.78, 5) is 0.179. The van der Waals surface area contributed by atoms with E-state index in [9.17, 15) is 12.8 Å². The minimum absolute atomic E-state index is 0.179. The second-order valence-corrected chi connectivity index (χ2v) is 7.53. The number of nitrogens with zero attached hydrogens (tertiary/aromatic N) is 1. The highest BCUT2D eigenvalue weighted by atomic mass is 32.2. The Morgan fingerprint density at radius 3 is 2.74 bits per heavy atom. The van der Waals surface area contributed by atoms with Crippen molar-refractivity contribution in [1.82, 2.24) is 9.62 Å². The largest absolute Gasteiger partial charge is 0.465 e. The van der Waals surface area contributed by atoms with Gasteiger partial charge in [-0.15, -0.1) is 0 Å². The summed E-state index contributed by atoms with van der Waals surface area (Å²) in [6.07, 6.45) is 0. The topological polar surface area (TPSA) is 62.6 Å². The lowest BCUT2D eigenvalue weighted by Gasteiger charge is -2.35. The molecule has 124 valence electrons. The maximum Gasteiger partial charge on any atom is 0.247 e. The van der Waals surface area contributed by atoms with Gasteiger partial charge in [0.1, 0.15) is 22.2 Å². The molecule has 1 aromatic heterocycles. The zero-order valence-corrected chi connectivity index (χ0v) is 13.9. The molecule has 1 N–H and O–H groups in total. The van der Waals surface area contributed by atoms with Gasteiger partial charge >= 0.3 is 0 Å². The highest BCUT2D eigenvalue weighted by Crippen LogP contribution is 2.31. The Kier molecular flexibility index (Phi) is 4.27. The third-order valence-corrected chi connectivity index (χ3v) is 6.03. The SMILES string of the molecule is Cc1cc(S(=O)(=O)N2CCNCC2c2cccc(F)c2)c(C)o1. The fourth-order valence-corrected chi connectivity index (χ4v) is 4.80. The van der Waals surface area contributed by atoms with Gasteiger partial charge in [0, 0.05) is 19.6 Å². The van der Waals surface area contributed by atoms with Crippen LogP contribution in [0.15, 0.2) is 39.6 Å². The Balaban J connectivity index is 2.03. The van der Waals surface area contributed by atoms with E-state index < -0.39 is 16.1 Å². The Bertz CT molecular complexity index is 816. The van der Waals surface area contributed by atoms with Crippen molar-refractivity contribution >= 4 is 10.0 Å². The number of nitrogens with one attached hydrogen (secondary N) is 1. The van der Waals surface area contributed by atoms with E-state index in [2.05, 4.69) is 5.32 Å². The van der Waals surface area contributed by atoms with Gasteiger partial charge in [-0.25, -0.2) is 12.8 Å². The van der Waals surface area contributed by atoms with E-state index in [4.69, 9.17) is 4.42 Å². The predicted molar refractivity (Wildman–Crippen MR) is 84.1 cm³/mol. The fourth-order valence-electron chi connectivity index (χ4n) is 2.96. The number of hydrogen-bond acceptors (Lipinski definition) is 4. The van der Waals surface area contributed by atoms with Crippen LogP contribution in [0.25, 0.3) is 0 Å². The number of rotatable bonds is 3. The average Bonchev–Trinajstić information content (AvgIpc) is 2.87. The summed E-state index contributed by atoms with van der Waals surface area (Å²) in [6.45, 7) is 4.68. The van der Waals surface area contributed by atoms with Crippen molar-refractivity contribution in [2.75, 3.05) is 19.6 Å². The van der Waals surface area contributed by atoms with Gasteiger partial charge in [-0.05, 0) is 37.6 Å². The first-order valence-electron chi connectivity index (χ1n) is 7.44. The van der Waals surface area contributed by atoms with Crippen LogP contribution < -0.4 is 5.32 Å². The summed E-state index contributed by atoms with van der Waals surface area (Å²) in [5.74, 6) is 0.554. The van der Waals surface area contributed by atoms with Crippen LogP contribution in [-0.4, -0.2) is 32.4 Å². The molecule has 0 radical (unpaired) electrons. The Labute approximate surface area is 135 Å². The van der Waals surface area contributed by atoms with Crippen molar-refractivity contribution in [2.24, 2.45) is 0 Å². The van der Waals surface area contributed by atoms with E-state index >= 15 is 0 Å². The Hall–Kier alpha value is -1.70. The van der Waals surface area contributed by atoms with Crippen LogP contribution in [0.4, 0.5) is 4.39 Å². The first kappa shape index (κ1) is 16.2. The number of piperazine rings is 1. The molecule has 1 atom stereocenters. The lowest BCUT2D eigenvalue weighted by Crippen LogP contribution is -2.48. The third-order valence-electron chi connectivity index (χ3n) is 4.01. The van der Waals surface area contributed by atoms with Gasteiger partial charge in [0.15, 0.2) is 0 Å². The number of halogens is 1. The molecule has 1 aliphatic rings. The minimum Gasteiger partial charge on any atom is -0.465 e. The first-order valence-corrected chi connectivity index (χ1v) is 8.88. The number of benzene rings is 1. The Morgan fingerprint density at radius 2 is 2.09 bits per heavy atom. The highest BCUT2D eigenvalue weighted by Gasteiger charge is 2.36. The zero-order chi connectivity index (χ0) is 16.6. The predicted octanol–water partition coefficient (Wildman–Crippen LogP) is 2.37. The molecule has 3 rings (SSSR count). The van der Waals surface area contributed by atoms with Gasteiger partial charge in [-0.1, -0.05) is 12.1 Å². The highest BCUT2D eigenvalue weighted by molar-refractivity contribution is 7.89. The average molecular weight is 338 g/mol. The van der Waals surface area contributed by atoms with E-state index in [1.807, 2.05) is 0 Å². The second kappa shape index (κ2) is 6.07. The molecule has 0 aliphatic carbocycles. The quantitative estimate of drug-likeness (QED) is 0.933. The van der Waals surface area contributed by atoms with Crippen LogP contribution in [0, 0.1) is 19.7 Å². The minimum atomic E-state index is -3.70. The van der Waals surface area contributed by atoms with E-state index in [-0.39, 0.29) is 10.7 Å². The molecule has 2 aromatic rings. The molecule has 23 heavy (non-hydrogen) atoms. The van der Waals surface area contributed by atoms with Crippen LogP contribution >= 0.6 is 0 Å². The molecule has 5 nitrogen and oxygen atoms in total. The van der Waals surface area contributed by atoms with Crippen molar-refractivity contribution in [3.05, 3.63) is 53.2 Å². The number of aryl methyl sites for hydroxylation is 2. The summed E-state index contributed by atoms with van der Waals surface area (Å²) in [5, 5.41) is 3.17. The molecule has 0 saturated carbocycles. The van der Waals surface area contributed by atoms with Gasteiger partial charge < -0.3 is 9.73 Å². The van der Waals surface area contributed by atoms with Crippen LogP contribution in [-0.2, 0) is 10.0 Å². The first-order chi connectivity index (χ1) is 10.9. The van der Waals surface area contributed by atoms with Crippen molar-refractivity contribution < 1.29 is 17.2 Å². The van der Waals surface area contributed by atoms with E-state index in [1.54, 1.807) is 26.0 Å². The van der Waals surface area contributed by atoms with Gasteiger partial charge in [-0.3, -0.25) is 0 Å². The lowest BCUT2D eigenvalue weighted by atomic mass is 10.1. The normalized spacial score (nSPS) is 19.9. The summed E-state index contributed by atoms with van der Waals surface area (Å²) in [5.41, 5.74) is 0.638. The van der Waals surface area contributed by atoms with E-state index in [0.717, 1.165) is 0 Å². The van der Waals surface area contributed by atoms with Crippen molar-refractivity contribution in [3.63, 3.8) is 0 Å². The summed E-state index contributed by atoms with van der Waals surface area (Å²) < 4.78 is 46.4. The molecule has 0 bridgehead atoms. The maximum absolute atomic E-state index is 13.5. The molecule has 1 unspecified atom stereocenters. The molecule has 1 aliphatic heterocycles. The Morgan fingerprint density at radius 1 is 1.30 bits per heavy atom. The van der Waals surface area contributed by atoms with Crippen molar-refractivity contribution in [1.29, 1.82) is 0 Å². The van der Waals surface area contributed by atoms with Gasteiger partial charge in [0.25, 0.3) is 0 Å². The number of sulfonamides is 1. The fraction of sp³-hybridized carbons (Fsp3) is 0.375. The molecule has 1 fully saturated rings. The van der Waals surface area contributed by atoms with Gasteiger partial charge in [-0.2, -0.15) is 4.31 Å². The number of furan rings is 1. The van der Waals surface area contributed by atoms with Crippen molar-refractivity contribution in [2.45, 2.75) is 24.8 Å². The van der Waals surface area contributed by atoms with E-state index in [1.165, 1.54) is 22.5 Å². The monoisotopic (exact) mass is 338 g/mol. The molecular formula is C16H19FN2O3S. The zero-order valence-electron chi connectivity index (χ0n) is 13.0. The smallest absolute Gasteiger partial charge is 0.247 e. The lowest BCUT2D eigenvalue weighted by molar-refractivity contribution is 0.270. The standard InChI is InChI=1S/C16H19FN2O3S/c1-11-8-16(12(2)22-11)23(20,21)19-7-6-18-10-15(19)13-4-3-5-14(17)9-13/h3-5,8-9,15,18H,6-7,10H2,1-2H3. The molecular weight excluding hydrogens is 319 g/mol. The molecule has 2 heterocycles. The molecule has 1 saturated heterocycles. The van der Waals surface area contributed by atoms with Crippen LogP contribution in [0.3, 0.4) is 0 Å². The second-order valence-electron chi connectivity index (χ2n) is 5.67. The molecule has 0 amide bonds. The molecule has 1 aromatic carbocycles. The van der Waals surface area contributed by atoms with Crippen molar-refractivity contribution in [3.8, 4) is 0 Å². The van der Waals surface area contributed by atoms with Gasteiger partial charge in [0.2, 0.25) is 10.0 Å². The molecule has 7 heteroatoms. The van der Waals surface area contributed by atoms with Crippen LogP contribution in [0.1, 0.15) is 23.1 Å². The number of hydrogen-bond donors (Lipinski definition) is 1. The summed E-state index contributed by atoms with van der Waals surface area (Å²) in [6, 6.07) is 7.17. The maximum atomic E-state index is 13.5. The van der Waals surface area contributed by atoms with E-state index in [0.29, 0.717) is 36.7 Å². The van der Waals surface area contributed by atoms with Crippen LogP contribution in [0.2, 0.25) is 0 Å². The third kappa shape index (κ3) is 3.04.